The number of aliphatic hydroxyl groups excluding tert-OH is 1. The third-order valence-corrected chi connectivity index (χ3v) is 11.4. The Labute approximate surface area is 474 Å². The van der Waals surface area contributed by atoms with Crippen LogP contribution in [-0.2, 0) is 105 Å². The second-order valence-corrected chi connectivity index (χ2v) is 22.3. The van der Waals surface area contributed by atoms with Gasteiger partial charge in [0.15, 0.2) is 49.2 Å². The lowest BCUT2D eigenvalue weighted by Gasteiger charge is -2.50. The van der Waals surface area contributed by atoms with E-state index in [1.807, 2.05) is 0 Å². The van der Waals surface area contributed by atoms with E-state index in [4.69, 9.17) is 72.0 Å². The average Bonchev–Trinajstić information content (AvgIpc) is 3.52. The summed E-state index contributed by atoms with van der Waals surface area (Å²) in [5.41, 5.74) is 3.54. The molecule has 3 aliphatic rings. The van der Waals surface area contributed by atoms with Gasteiger partial charge in [-0.2, -0.15) is 0 Å². The van der Waals surface area contributed by atoms with Gasteiger partial charge in [-0.25, -0.2) is 14.4 Å². The molecule has 1 aliphatic carbocycles. The Bertz CT molecular complexity index is 2280. The van der Waals surface area contributed by atoms with Crippen LogP contribution in [0.5, 0.6) is 0 Å². The molecule has 466 valence electrons. The predicted octanol–water partition coefficient (Wildman–Crippen LogP) is 0.269. The number of esters is 7. The molecule has 0 radical (unpaired) electrons. The molecule has 7 N–H and O–H groups in total. The first-order chi connectivity index (χ1) is 37.7. The molecule has 82 heavy (non-hydrogen) atoms. The van der Waals surface area contributed by atoms with Gasteiger partial charge in [-0.1, -0.05) is 0 Å². The third-order valence-electron chi connectivity index (χ3n) is 11.4. The second-order valence-electron chi connectivity index (χ2n) is 22.3. The standard InChI is InChI=1S/C51H81N5O26/c1-22(57)69-21-33-38(71-24(3)59)34(52)40(73-26(5)61)44(77-33)78-36-29(55-43(65)31(70-23(2)58)17-18-53-46(66)80-49(8,9)10)19-30(56-48(68)82-51(14,15)16)37(35(36)64)79-45-42(75-28(7)63)41(74-27(6)62)39(72-25(4)60)32(76-45)20-54-47(67)81-50(11,12)13/h29-42,44-45,64H,17-21,52H2,1-16H3,(H,53,66)(H,54,67)(H,55,65)(H,56,68)/t29?,30?,31-,32?,33?,34?,35?,36?,37?,38?,39?,40?,41?,42?,44?,45?/m0/s1. The predicted molar refractivity (Wildman–Crippen MR) is 274 cm³/mol. The minimum Gasteiger partial charge on any atom is -0.463 e. The van der Waals surface area contributed by atoms with Gasteiger partial charge in [0.05, 0.1) is 24.7 Å². The molecule has 0 aromatic carbocycles. The van der Waals surface area contributed by atoms with Gasteiger partial charge in [0.1, 0.15) is 53.9 Å². The van der Waals surface area contributed by atoms with E-state index in [0.717, 1.165) is 48.5 Å². The highest BCUT2D eigenvalue weighted by atomic mass is 16.8. The molecule has 0 aromatic heterocycles. The Balaban J connectivity index is 2.37. The molecule has 31 heteroatoms. The van der Waals surface area contributed by atoms with Crippen LogP contribution in [0, 0.1) is 0 Å². The third kappa shape index (κ3) is 23.3. The molecule has 16 atom stereocenters. The van der Waals surface area contributed by atoms with Crippen LogP contribution >= 0.6 is 0 Å². The van der Waals surface area contributed by atoms with Crippen molar-refractivity contribution in [2.24, 2.45) is 5.73 Å². The van der Waals surface area contributed by atoms with Gasteiger partial charge in [0.25, 0.3) is 5.91 Å². The van der Waals surface area contributed by atoms with Crippen molar-refractivity contribution in [3.8, 4) is 0 Å². The van der Waals surface area contributed by atoms with Crippen molar-refractivity contribution in [3.05, 3.63) is 0 Å². The van der Waals surface area contributed by atoms with Crippen LogP contribution in [0.25, 0.3) is 0 Å². The molecular weight excluding hydrogens is 1100 g/mol. The van der Waals surface area contributed by atoms with Crippen LogP contribution < -0.4 is 27.0 Å². The number of hydrogen-bond acceptors (Lipinski definition) is 27. The first-order valence-electron chi connectivity index (χ1n) is 26.2. The number of carbonyl (C=O) groups is 11. The fourth-order valence-electron chi connectivity index (χ4n) is 8.63. The van der Waals surface area contributed by atoms with E-state index in [0.29, 0.717) is 0 Å². The molecule has 0 bridgehead atoms. The van der Waals surface area contributed by atoms with Crippen molar-refractivity contribution in [2.45, 2.75) is 238 Å². The molecule has 3 rings (SSSR count). The van der Waals surface area contributed by atoms with Gasteiger partial charge < -0.3 is 98.4 Å². The lowest BCUT2D eigenvalue weighted by molar-refractivity contribution is -0.336. The topological polar surface area (TPSA) is 411 Å². The Hall–Kier alpha value is -6.67. The summed E-state index contributed by atoms with van der Waals surface area (Å²) in [4.78, 5) is 142. The van der Waals surface area contributed by atoms with Crippen molar-refractivity contribution in [2.75, 3.05) is 19.7 Å². The van der Waals surface area contributed by atoms with Gasteiger partial charge in [0, 0.05) is 61.4 Å². The second kappa shape index (κ2) is 30.0. The molecule has 0 spiro atoms. The van der Waals surface area contributed by atoms with Crippen molar-refractivity contribution >= 4 is 66.0 Å². The van der Waals surface area contributed by atoms with Gasteiger partial charge in [-0.05, 0) is 68.7 Å². The van der Waals surface area contributed by atoms with Crippen molar-refractivity contribution < 1.29 is 124 Å². The Morgan fingerprint density at radius 1 is 0.512 bits per heavy atom. The van der Waals surface area contributed by atoms with E-state index < -0.39 is 200 Å². The highest BCUT2D eigenvalue weighted by Gasteiger charge is 2.58. The van der Waals surface area contributed by atoms with E-state index >= 15 is 0 Å². The number of ether oxygens (including phenoxy) is 14. The summed E-state index contributed by atoms with van der Waals surface area (Å²) >= 11 is 0. The largest absolute Gasteiger partial charge is 0.463 e. The number of amides is 4. The fraction of sp³-hybridized carbons (Fsp3) is 0.784. The fourth-order valence-corrected chi connectivity index (χ4v) is 8.63. The van der Waals surface area contributed by atoms with Gasteiger partial charge >= 0.3 is 60.1 Å². The summed E-state index contributed by atoms with van der Waals surface area (Å²) in [7, 11) is 0. The van der Waals surface area contributed by atoms with Gasteiger partial charge in [0.2, 0.25) is 0 Å². The van der Waals surface area contributed by atoms with Crippen LogP contribution in [0.4, 0.5) is 14.4 Å². The smallest absolute Gasteiger partial charge is 0.407 e. The lowest BCUT2D eigenvalue weighted by Crippen LogP contribution is -2.71. The van der Waals surface area contributed by atoms with Crippen LogP contribution in [-0.4, -0.2) is 205 Å². The zero-order valence-electron chi connectivity index (χ0n) is 49.0. The Morgan fingerprint density at radius 3 is 1.43 bits per heavy atom. The van der Waals surface area contributed by atoms with Gasteiger partial charge in [-0.15, -0.1) is 0 Å². The summed E-state index contributed by atoms with van der Waals surface area (Å²) < 4.78 is 80.3. The first-order valence-corrected chi connectivity index (χ1v) is 26.2. The summed E-state index contributed by atoms with van der Waals surface area (Å²) in [5, 5.41) is 23.1. The minimum atomic E-state index is -2.24. The quantitative estimate of drug-likeness (QED) is 0.0704. The van der Waals surface area contributed by atoms with Crippen LogP contribution in [0.1, 0.15) is 124 Å². The number of hydrogen-bond donors (Lipinski definition) is 6. The van der Waals surface area contributed by atoms with Crippen LogP contribution in [0.3, 0.4) is 0 Å². The molecule has 0 aromatic rings. The number of rotatable bonds is 20. The normalized spacial score (nSPS) is 28.6. The SMILES string of the molecule is CC(=O)OCC1OC(OC2C(NC(=O)[C@H](CCNC(=O)OC(C)(C)C)OC(C)=O)CC(NC(=O)OC(C)(C)C)C(OC3OC(CNC(=O)OC(C)(C)C)C(OC(C)=O)C(OC(C)=O)C3OC(C)=O)C2O)C(OC(C)=O)C(N)C1OC(C)=O. The van der Waals surface area contributed by atoms with Gasteiger partial charge in [-0.3, -0.25) is 38.4 Å². The van der Waals surface area contributed by atoms with E-state index in [1.54, 1.807) is 41.5 Å². The maximum absolute atomic E-state index is 14.5. The van der Waals surface area contributed by atoms with E-state index in [9.17, 15) is 57.8 Å². The maximum Gasteiger partial charge on any atom is 0.407 e. The molecule has 1 saturated carbocycles. The summed E-state index contributed by atoms with van der Waals surface area (Å²) in [6.45, 7) is 19.7. The number of alkyl carbamates (subject to hydrolysis) is 3. The number of carbonyl (C=O) groups excluding carboxylic acids is 11. The molecule has 3 fully saturated rings. The van der Waals surface area contributed by atoms with Crippen molar-refractivity contribution in [1.82, 2.24) is 21.3 Å². The van der Waals surface area contributed by atoms with Crippen molar-refractivity contribution in [1.29, 1.82) is 0 Å². The van der Waals surface area contributed by atoms with E-state index in [-0.39, 0.29) is 13.0 Å². The summed E-state index contributed by atoms with van der Waals surface area (Å²) in [6.07, 6.45) is -27.5. The minimum absolute atomic E-state index is 0.302. The molecule has 2 heterocycles. The van der Waals surface area contributed by atoms with E-state index in [2.05, 4.69) is 21.3 Å². The number of nitrogens with two attached hydrogens (primary N) is 1. The van der Waals surface area contributed by atoms with Crippen molar-refractivity contribution in [3.63, 3.8) is 0 Å². The van der Waals surface area contributed by atoms with Crippen LogP contribution in [0.2, 0.25) is 0 Å². The zero-order valence-corrected chi connectivity index (χ0v) is 49.0. The molecular formula is C51H81N5O26. The summed E-state index contributed by atoms with van der Waals surface area (Å²) in [5.74, 6) is -7.69. The molecule has 2 saturated heterocycles. The maximum atomic E-state index is 14.5. The average molecular weight is 1180 g/mol. The highest BCUT2D eigenvalue weighted by molar-refractivity contribution is 5.84. The molecule has 31 nitrogen and oxygen atoms in total. The monoisotopic (exact) mass is 1180 g/mol. The molecule has 4 amide bonds. The first kappa shape index (κ1) is 69.6. The number of nitrogens with one attached hydrogen (secondary N) is 4. The number of aliphatic hydroxyl groups is 1. The lowest BCUT2D eigenvalue weighted by atomic mass is 9.83. The molecule has 15 unspecified atom stereocenters. The Morgan fingerprint density at radius 2 is 0.939 bits per heavy atom. The highest BCUT2D eigenvalue weighted by Crippen LogP contribution is 2.36. The zero-order chi connectivity index (χ0) is 62.4. The summed E-state index contributed by atoms with van der Waals surface area (Å²) in [6, 6.07) is -4.74. The van der Waals surface area contributed by atoms with E-state index in [1.165, 1.54) is 20.8 Å². The molecule has 2 aliphatic heterocycles. The van der Waals surface area contributed by atoms with Crippen LogP contribution in [0.15, 0.2) is 0 Å². The Kier molecular flexibility index (Phi) is 25.5.